The van der Waals surface area contributed by atoms with Gasteiger partial charge in [0.2, 0.25) is 0 Å². The summed E-state index contributed by atoms with van der Waals surface area (Å²) in [5, 5.41) is 2.90. The number of carbonyl (C=O) groups is 1. The second kappa shape index (κ2) is 5.32. The number of aryl methyl sites for hydroxylation is 1. The summed E-state index contributed by atoms with van der Waals surface area (Å²) in [6, 6.07) is 7.99. The zero-order chi connectivity index (χ0) is 12.3. The first kappa shape index (κ1) is 12.1. The molecule has 0 saturated carbocycles. The van der Waals surface area contributed by atoms with E-state index in [0.717, 1.165) is 19.3 Å². The van der Waals surface area contributed by atoms with E-state index in [2.05, 4.69) is 17.4 Å². The molecule has 92 valence electrons. The van der Waals surface area contributed by atoms with Gasteiger partial charge in [-0.15, -0.1) is 0 Å². The van der Waals surface area contributed by atoms with Crippen LogP contribution in [0.25, 0.3) is 0 Å². The van der Waals surface area contributed by atoms with Gasteiger partial charge in [-0.1, -0.05) is 24.3 Å². The standard InChI is InChI=1S/C14H19NO2/c1-10(15-2)14(16)17-13-9-5-7-11-6-3-4-8-12(11)13/h3-4,6,8,10,13,15H,5,7,9H2,1-2H3. The summed E-state index contributed by atoms with van der Waals surface area (Å²) in [6.45, 7) is 1.82. The minimum Gasteiger partial charge on any atom is -0.456 e. The quantitative estimate of drug-likeness (QED) is 0.813. The van der Waals surface area contributed by atoms with Crippen LogP contribution in [0.15, 0.2) is 24.3 Å². The van der Waals surface area contributed by atoms with Gasteiger partial charge in [0.25, 0.3) is 0 Å². The zero-order valence-electron chi connectivity index (χ0n) is 10.4. The third-order valence-corrected chi connectivity index (χ3v) is 3.36. The minimum atomic E-state index is -0.246. The zero-order valence-corrected chi connectivity index (χ0v) is 10.4. The van der Waals surface area contributed by atoms with Crippen LogP contribution in [0.4, 0.5) is 0 Å². The number of hydrogen-bond donors (Lipinski definition) is 1. The molecule has 0 heterocycles. The van der Waals surface area contributed by atoms with Gasteiger partial charge >= 0.3 is 5.97 Å². The fraction of sp³-hybridized carbons (Fsp3) is 0.500. The molecule has 17 heavy (non-hydrogen) atoms. The Labute approximate surface area is 102 Å². The van der Waals surface area contributed by atoms with Crippen LogP contribution in [0.2, 0.25) is 0 Å². The van der Waals surface area contributed by atoms with Gasteiger partial charge in [0.15, 0.2) is 0 Å². The SMILES string of the molecule is CNC(C)C(=O)OC1CCCc2ccccc21. The number of carbonyl (C=O) groups excluding carboxylic acids is 1. The number of fused-ring (bicyclic) bond motifs is 1. The predicted octanol–water partition coefficient (Wildman–Crippen LogP) is 2.22. The second-order valence-electron chi connectivity index (χ2n) is 4.53. The van der Waals surface area contributed by atoms with Gasteiger partial charge in [-0.3, -0.25) is 4.79 Å². The van der Waals surface area contributed by atoms with Crippen LogP contribution in [0.5, 0.6) is 0 Å². The number of nitrogens with one attached hydrogen (secondary N) is 1. The third kappa shape index (κ3) is 2.67. The Morgan fingerprint density at radius 1 is 1.47 bits per heavy atom. The minimum absolute atomic E-state index is 0.0664. The highest BCUT2D eigenvalue weighted by atomic mass is 16.5. The van der Waals surface area contributed by atoms with E-state index in [1.54, 1.807) is 7.05 Å². The van der Waals surface area contributed by atoms with Gasteiger partial charge in [-0.25, -0.2) is 0 Å². The maximum absolute atomic E-state index is 11.8. The summed E-state index contributed by atoms with van der Waals surface area (Å²) in [7, 11) is 1.76. The van der Waals surface area contributed by atoms with Crippen LogP contribution in [0.1, 0.15) is 37.0 Å². The molecule has 0 amide bonds. The van der Waals surface area contributed by atoms with Crippen molar-refractivity contribution >= 4 is 5.97 Å². The average Bonchev–Trinajstić information content (AvgIpc) is 2.38. The number of rotatable bonds is 3. The van der Waals surface area contributed by atoms with Gasteiger partial charge in [0.05, 0.1) is 0 Å². The normalized spacial score (nSPS) is 20.5. The van der Waals surface area contributed by atoms with Crippen molar-refractivity contribution in [3.63, 3.8) is 0 Å². The summed E-state index contributed by atoms with van der Waals surface area (Å²) < 4.78 is 5.57. The predicted molar refractivity (Wildman–Crippen MR) is 66.7 cm³/mol. The molecule has 0 fully saturated rings. The molecule has 1 aromatic rings. The molecule has 1 aromatic carbocycles. The highest BCUT2D eigenvalue weighted by Gasteiger charge is 2.24. The van der Waals surface area contributed by atoms with Crippen LogP contribution >= 0.6 is 0 Å². The van der Waals surface area contributed by atoms with Gasteiger partial charge < -0.3 is 10.1 Å². The van der Waals surface area contributed by atoms with Gasteiger partial charge in [-0.05, 0) is 44.4 Å². The largest absolute Gasteiger partial charge is 0.456 e. The molecule has 1 aliphatic carbocycles. The Hall–Kier alpha value is -1.35. The summed E-state index contributed by atoms with van der Waals surface area (Å²) in [6.07, 6.45) is 3.04. The van der Waals surface area contributed by atoms with Gasteiger partial charge in [0, 0.05) is 0 Å². The maximum Gasteiger partial charge on any atom is 0.323 e. The molecule has 0 aliphatic heterocycles. The van der Waals surface area contributed by atoms with E-state index in [1.807, 2.05) is 19.1 Å². The second-order valence-corrected chi connectivity index (χ2v) is 4.53. The van der Waals surface area contributed by atoms with E-state index >= 15 is 0 Å². The lowest BCUT2D eigenvalue weighted by Gasteiger charge is -2.26. The number of ether oxygens (including phenoxy) is 1. The van der Waals surface area contributed by atoms with Crippen molar-refractivity contribution in [3.8, 4) is 0 Å². The first-order chi connectivity index (χ1) is 8.22. The molecular formula is C14H19NO2. The number of benzene rings is 1. The van der Waals surface area contributed by atoms with E-state index < -0.39 is 0 Å². The lowest BCUT2D eigenvalue weighted by molar-refractivity contribution is -0.152. The Kier molecular flexibility index (Phi) is 3.79. The molecule has 0 aromatic heterocycles. The van der Waals surface area contributed by atoms with Crippen molar-refractivity contribution < 1.29 is 9.53 Å². The smallest absolute Gasteiger partial charge is 0.323 e. The van der Waals surface area contributed by atoms with Crippen molar-refractivity contribution in [3.05, 3.63) is 35.4 Å². The Morgan fingerprint density at radius 3 is 3.00 bits per heavy atom. The third-order valence-electron chi connectivity index (χ3n) is 3.36. The number of hydrogen-bond acceptors (Lipinski definition) is 3. The molecule has 2 rings (SSSR count). The fourth-order valence-corrected chi connectivity index (χ4v) is 2.19. The first-order valence-corrected chi connectivity index (χ1v) is 6.18. The van der Waals surface area contributed by atoms with Gasteiger partial charge in [-0.2, -0.15) is 0 Å². The van der Waals surface area contributed by atoms with Crippen LogP contribution < -0.4 is 5.32 Å². The van der Waals surface area contributed by atoms with Crippen molar-refractivity contribution in [2.24, 2.45) is 0 Å². The molecule has 0 bridgehead atoms. The molecular weight excluding hydrogens is 214 g/mol. The molecule has 2 atom stereocenters. The number of esters is 1. The van der Waals surface area contributed by atoms with E-state index in [4.69, 9.17) is 4.74 Å². The van der Waals surface area contributed by atoms with Crippen LogP contribution in [0.3, 0.4) is 0 Å². The highest BCUT2D eigenvalue weighted by molar-refractivity contribution is 5.75. The van der Waals surface area contributed by atoms with E-state index in [0.29, 0.717) is 0 Å². The molecule has 1 N–H and O–H groups in total. The molecule has 0 radical (unpaired) electrons. The topological polar surface area (TPSA) is 38.3 Å². The first-order valence-electron chi connectivity index (χ1n) is 6.18. The molecule has 0 saturated heterocycles. The summed E-state index contributed by atoms with van der Waals surface area (Å²) in [5.74, 6) is -0.172. The van der Waals surface area contributed by atoms with E-state index in [1.165, 1.54) is 11.1 Å². The van der Waals surface area contributed by atoms with Gasteiger partial charge in [0.1, 0.15) is 12.1 Å². The van der Waals surface area contributed by atoms with Crippen molar-refractivity contribution in [1.29, 1.82) is 0 Å². The van der Waals surface area contributed by atoms with E-state index in [9.17, 15) is 4.79 Å². The van der Waals surface area contributed by atoms with Crippen molar-refractivity contribution in [2.45, 2.75) is 38.3 Å². The molecule has 3 nitrogen and oxygen atoms in total. The monoisotopic (exact) mass is 233 g/mol. The fourth-order valence-electron chi connectivity index (χ4n) is 2.19. The summed E-state index contributed by atoms with van der Waals surface area (Å²) in [5.41, 5.74) is 2.49. The molecule has 2 unspecified atom stereocenters. The lowest BCUT2D eigenvalue weighted by Crippen LogP contribution is -2.33. The average molecular weight is 233 g/mol. The van der Waals surface area contributed by atoms with Crippen LogP contribution in [-0.4, -0.2) is 19.1 Å². The van der Waals surface area contributed by atoms with Crippen LogP contribution in [-0.2, 0) is 16.0 Å². The Bertz CT molecular complexity index is 403. The van der Waals surface area contributed by atoms with Crippen molar-refractivity contribution in [2.75, 3.05) is 7.05 Å². The van der Waals surface area contributed by atoms with Crippen LogP contribution in [0, 0.1) is 0 Å². The molecule has 1 aliphatic rings. The summed E-state index contributed by atoms with van der Waals surface area (Å²) >= 11 is 0. The molecule has 0 spiro atoms. The summed E-state index contributed by atoms with van der Waals surface area (Å²) in [4.78, 5) is 11.8. The Balaban J connectivity index is 2.11. The highest BCUT2D eigenvalue weighted by Crippen LogP contribution is 2.32. The van der Waals surface area contributed by atoms with E-state index in [-0.39, 0.29) is 18.1 Å². The van der Waals surface area contributed by atoms with Crippen molar-refractivity contribution in [1.82, 2.24) is 5.32 Å². The Morgan fingerprint density at radius 2 is 2.24 bits per heavy atom. The number of likely N-dealkylation sites (N-methyl/N-ethyl adjacent to an activating group) is 1. The lowest BCUT2D eigenvalue weighted by atomic mass is 9.89. The molecule has 3 heteroatoms. The maximum atomic E-state index is 11.8.